The average Bonchev–Trinajstić information content (AvgIpc) is 3.55. The van der Waals surface area contributed by atoms with Crippen LogP contribution in [0.5, 0.6) is 0 Å². The second-order valence-electron chi connectivity index (χ2n) is 16.4. The van der Waals surface area contributed by atoms with Crippen LogP contribution in [0.2, 0.25) is 0 Å². The van der Waals surface area contributed by atoms with Gasteiger partial charge in [-0.3, -0.25) is 33.6 Å². The molecular formula is C45H55N7O13. The molecule has 0 saturated carbocycles. The number of amides is 7. The van der Waals surface area contributed by atoms with E-state index in [0.29, 0.717) is 5.56 Å². The Bertz CT molecular complexity index is 2200. The molecule has 11 N–H and O–H groups in total. The Morgan fingerprint density at radius 3 is 1.63 bits per heavy atom. The predicted octanol–water partition coefficient (Wildman–Crippen LogP) is 0.979. The molecule has 0 bridgehead atoms. The van der Waals surface area contributed by atoms with Crippen LogP contribution < -0.4 is 38.1 Å². The third-order valence-electron chi connectivity index (χ3n) is 10.2. The molecule has 0 aliphatic heterocycles. The second kappa shape index (κ2) is 22.8. The average molecular weight is 902 g/mol. The number of nitrogens with one attached hydrogen (secondary N) is 5. The first-order chi connectivity index (χ1) is 30.6. The van der Waals surface area contributed by atoms with Gasteiger partial charge in [-0.1, -0.05) is 78.9 Å². The van der Waals surface area contributed by atoms with Crippen molar-refractivity contribution < 1.29 is 62.8 Å². The van der Waals surface area contributed by atoms with E-state index in [4.69, 9.17) is 20.9 Å². The Labute approximate surface area is 374 Å². The zero-order valence-electron chi connectivity index (χ0n) is 36.3. The van der Waals surface area contributed by atoms with Crippen molar-refractivity contribution >= 4 is 53.5 Å². The summed E-state index contributed by atoms with van der Waals surface area (Å²) >= 11 is 0. The van der Waals surface area contributed by atoms with E-state index in [2.05, 4.69) is 26.6 Å². The Morgan fingerprint density at radius 1 is 0.631 bits per heavy atom. The number of alkyl carbamates (subject to hydrolysis) is 1. The Kier molecular flexibility index (Phi) is 17.7. The van der Waals surface area contributed by atoms with Gasteiger partial charge in [-0.15, -0.1) is 0 Å². The highest BCUT2D eigenvalue weighted by Crippen LogP contribution is 2.44. The lowest BCUT2D eigenvalue weighted by atomic mass is 9.98. The molecular weight excluding hydrogens is 847 g/mol. The van der Waals surface area contributed by atoms with Crippen molar-refractivity contribution in [2.45, 2.75) is 108 Å². The molecule has 1 aliphatic carbocycles. The highest BCUT2D eigenvalue weighted by Gasteiger charge is 2.38. The van der Waals surface area contributed by atoms with Gasteiger partial charge in [0, 0.05) is 18.8 Å². The molecule has 1 aliphatic rings. The number of benzene rings is 3. The number of primary amides is 2. The van der Waals surface area contributed by atoms with E-state index in [1.165, 1.54) is 6.92 Å². The summed E-state index contributed by atoms with van der Waals surface area (Å²) in [7, 11) is 0. The number of hydrogen-bond donors (Lipinski definition) is 9. The quantitative estimate of drug-likeness (QED) is 0.0642. The number of ether oxygens (including phenoxy) is 2. The lowest BCUT2D eigenvalue weighted by Gasteiger charge is -2.32. The molecule has 0 radical (unpaired) electrons. The van der Waals surface area contributed by atoms with Crippen molar-refractivity contribution in [1.82, 2.24) is 26.6 Å². The van der Waals surface area contributed by atoms with Crippen molar-refractivity contribution in [3.05, 3.63) is 95.6 Å². The van der Waals surface area contributed by atoms with Crippen LogP contribution in [0, 0.1) is 0 Å². The van der Waals surface area contributed by atoms with Gasteiger partial charge in [0.25, 0.3) is 0 Å². The molecule has 20 heteroatoms. The molecule has 3 aromatic rings. The van der Waals surface area contributed by atoms with Crippen LogP contribution in [0.4, 0.5) is 4.79 Å². The van der Waals surface area contributed by atoms with Gasteiger partial charge < -0.3 is 57.7 Å². The minimum absolute atomic E-state index is 0.148. The van der Waals surface area contributed by atoms with Crippen molar-refractivity contribution in [2.75, 3.05) is 6.61 Å². The number of carbonyl (C=O) groups excluding carboxylic acids is 7. The molecule has 0 saturated heterocycles. The Balaban J connectivity index is 1.52. The smallest absolute Gasteiger partial charge is 0.407 e. The first-order valence-corrected chi connectivity index (χ1v) is 20.7. The molecule has 0 fully saturated rings. The second-order valence-corrected chi connectivity index (χ2v) is 16.4. The maximum atomic E-state index is 14.0. The largest absolute Gasteiger partial charge is 0.481 e. The van der Waals surface area contributed by atoms with Crippen LogP contribution in [0.3, 0.4) is 0 Å². The first-order valence-electron chi connectivity index (χ1n) is 20.7. The van der Waals surface area contributed by atoms with E-state index in [9.17, 15) is 53.4 Å². The fourth-order valence-corrected chi connectivity index (χ4v) is 7.27. The van der Waals surface area contributed by atoms with Gasteiger partial charge in [-0.2, -0.15) is 0 Å². The van der Waals surface area contributed by atoms with Gasteiger partial charge in [0.15, 0.2) is 0 Å². The molecule has 348 valence electrons. The van der Waals surface area contributed by atoms with Crippen molar-refractivity contribution in [3.63, 3.8) is 0 Å². The van der Waals surface area contributed by atoms with Crippen LogP contribution in [0.25, 0.3) is 11.1 Å². The van der Waals surface area contributed by atoms with Crippen LogP contribution in [0.1, 0.15) is 76.0 Å². The first kappa shape index (κ1) is 50.3. The molecule has 0 aromatic heterocycles. The van der Waals surface area contributed by atoms with Crippen LogP contribution in [-0.2, 0) is 54.3 Å². The maximum Gasteiger partial charge on any atom is 0.407 e. The highest BCUT2D eigenvalue weighted by atomic mass is 16.5. The van der Waals surface area contributed by atoms with E-state index in [1.54, 1.807) is 51.1 Å². The van der Waals surface area contributed by atoms with E-state index < -0.39 is 121 Å². The molecule has 0 heterocycles. The summed E-state index contributed by atoms with van der Waals surface area (Å²) in [5.41, 5.74) is 14.2. The van der Waals surface area contributed by atoms with E-state index in [1.807, 2.05) is 48.5 Å². The summed E-state index contributed by atoms with van der Waals surface area (Å²) in [6.07, 6.45) is -5.22. The lowest BCUT2D eigenvalue weighted by molar-refractivity contribution is -0.144. The number of hydrogen-bond acceptors (Lipinski definition) is 11. The summed E-state index contributed by atoms with van der Waals surface area (Å²) in [4.78, 5) is 116. The van der Waals surface area contributed by atoms with Gasteiger partial charge in [-0.25, -0.2) is 9.59 Å². The van der Waals surface area contributed by atoms with Crippen LogP contribution in [-0.4, -0.2) is 112 Å². The fraction of sp³-hybridized carbons (Fsp3) is 0.400. The number of rotatable bonds is 23. The van der Waals surface area contributed by atoms with Crippen LogP contribution in [0.15, 0.2) is 78.9 Å². The zero-order valence-corrected chi connectivity index (χ0v) is 36.3. The fourth-order valence-electron chi connectivity index (χ4n) is 7.27. The summed E-state index contributed by atoms with van der Waals surface area (Å²) in [5.74, 6) is -9.68. The maximum absolute atomic E-state index is 14.0. The van der Waals surface area contributed by atoms with Crippen LogP contribution >= 0.6 is 0 Å². The van der Waals surface area contributed by atoms with E-state index in [0.717, 1.165) is 22.3 Å². The summed E-state index contributed by atoms with van der Waals surface area (Å²) in [6.45, 7) is 6.16. The zero-order chi connectivity index (χ0) is 48.0. The third-order valence-corrected chi connectivity index (χ3v) is 10.2. The van der Waals surface area contributed by atoms with Crippen molar-refractivity contribution in [2.24, 2.45) is 11.5 Å². The summed E-state index contributed by atoms with van der Waals surface area (Å²) < 4.78 is 11.5. The Hall–Kier alpha value is -7.35. The van der Waals surface area contributed by atoms with Gasteiger partial charge in [-0.05, 0) is 61.9 Å². The molecule has 0 spiro atoms. The van der Waals surface area contributed by atoms with E-state index >= 15 is 0 Å². The standard InChI is InChI=1S/C45H55N7O13/c1-24(65-45(2,3)4)38(42(60)48-31(18-19-37(55)56)39(57)50-34(43(61)62)20-25-12-6-5-7-13-25)52-41(59)32(21-35(46)53)49-40(58)33(22-36(47)54)51-44(63)64-23-30-28-16-10-8-14-26(28)27-15-9-11-17-29(27)30/h5-17,24,30-34,38H,18-23H2,1-4H3,(H2,46,53)(H2,47,54)(H,48,60)(H,49,58)(H,50,57)(H,51,63)(H,52,59)(H,55,56)(H,61,62)/t24-,31+,32+,33+,34+,38+/m1/s1. The SMILES string of the molecule is C[C@@H](OC(C)(C)C)[C@H](NC(=O)[C@H](CC(N)=O)NC(=O)[C@H](CC(N)=O)NC(=O)OCC1c2ccccc2-c2ccccc21)C(=O)N[C@@H](CCC(=O)O)C(=O)N[C@@H](Cc1ccccc1)C(=O)O. The number of aliphatic carboxylic acids is 2. The molecule has 3 aromatic carbocycles. The summed E-state index contributed by atoms with van der Waals surface area (Å²) in [6, 6.07) is 15.1. The molecule has 0 unspecified atom stereocenters. The molecule has 4 rings (SSSR count). The number of carboxylic acids is 2. The lowest BCUT2D eigenvalue weighted by Crippen LogP contribution is -2.62. The number of carbonyl (C=O) groups is 9. The molecule has 7 amide bonds. The minimum Gasteiger partial charge on any atom is -0.481 e. The molecule has 20 nitrogen and oxygen atoms in total. The summed E-state index contributed by atoms with van der Waals surface area (Å²) in [5, 5.41) is 31.0. The highest BCUT2D eigenvalue weighted by molar-refractivity contribution is 5.98. The van der Waals surface area contributed by atoms with Gasteiger partial charge in [0.1, 0.15) is 36.8 Å². The van der Waals surface area contributed by atoms with E-state index in [-0.39, 0.29) is 18.9 Å². The predicted molar refractivity (Wildman–Crippen MR) is 232 cm³/mol. The van der Waals surface area contributed by atoms with Crippen molar-refractivity contribution in [3.8, 4) is 11.1 Å². The molecule has 65 heavy (non-hydrogen) atoms. The molecule has 6 atom stereocenters. The van der Waals surface area contributed by atoms with Gasteiger partial charge in [0.05, 0.1) is 24.5 Å². The normalized spacial score (nSPS) is 14.6. The Morgan fingerprint density at radius 2 is 1.11 bits per heavy atom. The number of carboxylic acid groups (broad SMARTS) is 2. The van der Waals surface area contributed by atoms with Gasteiger partial charge in [0.2, 0.25) is 35.4 Å². The minimum atomic E-state index is -1.84. The van der Waals surface area contributed by atoms with Gasteiger partial charge >= 0.3 is 18.0 Å². The monoisotopic (exact) mass is 901 g/mol. The topological polar surface area (TPSA) is 325 Å². The van der Waals surface area contributed by atoms with Crippen molar-refractivity contribution in [1.29, 1.82) is 0 Å². The third kappa shape index (κ3) is 15.2. The number of nitrogens with two attached hydrogens (primary N) is 2. The number of fused-ring (bicyclic) bond motifs is 3.